The van der Waals surface area contributed by atoms with Crippen LogP contribution < -0.4 is 0 Å². The molecule has 0 aromatic carbocycles. The highest BCUT2D eigenvalue weighted by Gasteiger charge is 1.81. The predicted octanol–water partition coefficient (Wildman–Crippen LogP) is 1.05. The normalized spacial score (nSPS) is 7.55. The van der Waals surface area contributed by atoms with Gasteiger partial charge in [0, 0.05) is 13.3 Å². The van der Waals surface area contributed by atoms with Crippen molar-refractivity contribution in [2.45, 2.75) is 27.2 Å². The lowest BCUT2D eigenvalue weighted by molar-refractivity contribution is -0.140. The average Bonchev–Trinajstić information content (AvgIpc) is 1.89. The van der Waals surface area contributed by atoms with Crippen LogP contribution in [-0.2, 0) is 14.3 Å². The van der Waals surface area contributed by atoms with Crippen LogP contribution in [0.3, 0.4) is 0 Å². The van der Waals surface area contributed by atoms with E-state index in [4.69, 9.17) is 5.11 Å². The minimum absolute atomic E-state index is 0.211. The largest absolute Gasteiger partial charge is 0.481 e. The Morgan fingerprint density at radius 1 is 1.36 bits per heavy atom. The molecule has 0 aliphatic rings. The molecule has 0 unspecified atom stereocenters. The second-order valence-corrected chi connectivity index (χ2v) is 1.67. The Hall–Kier alpha value is -1.06. The molecular formula is C7H14O4. The summed E-state index contributed by atoms with van der Waals surface area (Å²) >= 11 is 0. The lowest BCUT2D eigenvalue weighted by atomic mass is 10.5. The fourth-order valence-electron chi connectivity index (χ4n) is 0.203. The smallest absolute Gasteiger partial charge is 0.303 e. The summed E-state index contributed by atoms with van der Waals surface area (Å²) in [5.74, 6) is -0.956. The molecule has 0 heterocycles. The molecule has 0 fully saturated rings. The topological polar surface area (TPSA) is 63.6 Å². The van der Waals surface area contributed by atoms with E-state index in [1.165, 1.54) is 6.92 Å². The van der Waals surface area contributed by atoms with Gasteiger partial charge in [-0.25, -0.2) is 0 Å². The second kappa shape index (κ2) is 8.94. The molecule has 0 saturated carbocycles. The van der Waals surface area contributed by atoms with E-state index in [1.54, 1.807) is 13.8 Å². The summed E-state index contributed by atoms with van der Waals surface area (Å²) < 4.78 is 4.40. The molecule has 0 aromatic rings. The highest BCUT2D eigenvalue weighted by molar-refractivity contribution is 5.66. The van der Waals surface area contributed by atoms with Crippen molar-refractivity contribution in [2.24, 2.45) is 0 Å². The first kappa shape index (κ1) is 12.6. The Kier molecular flexibility index (Phi) is 10.2. The molecule has 0 rings (SSSR count). The van der Waals surface area contributed by atoms with Crippen molar-refractivity contribution in [1.82, 2.24) is 0 Å². The van der Waals surface area contributed by atoms with Crippen LogP contribution in [0.15, 0.2) is 0 Å². The minimum Gasteiger partial charge on any atom is -0.481 e. The van der Waals surface area contributed by atoms with Gasteiger partial charge in [0.1, 0.15) is 0 Å². The lowest BCUT2D eigenvalue weighted by Gasteiger charge is -1.89. The zero-order valence-corrected chi connectivity index (χ0v) is 7.09. The van der Waals surface area contributed by atoms with Crippen LogP contribution in [0.4, 0.5) is 0 Å². The molecule has 0 bridgehead atoms. The average molecular weight is 162 g/mol. The van der Waals surface area contributed by atoms with Crippen molar-refractivity contribution in [3.8, 4) is 0 Å². The van der Waals surface area contributed by atoms with Crippen molar-refractivity contribution in [3.63, 3.8) is 0 Å². The predicted molar refractivity (Wildman–Crippen MR) is 40.2 cm³/mol. The standard InChI is InChI=1S/C4H8O2.C3H6O2/c1-3-6-4(2)5;1-2-3(4)5/h3H2,1-2H3;2H2,1H3,(H,4,5). The number of ether oxygens (including phenoxy) is 1. The molecule has 0 spiro atoms. The summed E-state index contributed by atoms with van der Waals surface area (Å²) in [6.45, 7) is 5.25. The van der Waals surface area contributed by atoms with Crippen LogP contribution in [0, 0.1) is 0 Å². The third-order valence-electron chi connectivity index (χ3n) is 0.650. The van der Waals surface area contributed by atoms with E-state index in [9.17, 15) is 9.59 Å². The molecule has 0 saturated heterocycles. The highest BCUT2D eigenvalue weighted by atomic mass is 16.5. The summed E-state index contributed by atoms with van der Waals surface area (Å²) in [5.41, 5.74) is 0. The fourth-order valence-corrected chi connectivity index (χ4v) is 0.203. The van der Waals surface area contributed by atoms with Crippen LogP contribution in [-0.4, -0.2) is 23.7 Å². The molecular weight excluding hydrogens is 148 g/mol. The van der Waals surface area contributed by atoms with E-state index in [-0.39, 0.29) is 12.4 Å². The summed E-state index contributed by atoms with van der Waals surface area (Å²) in [6, 6.07) is 0. The SMILES string of the molecule is CCC(=O)O.CCOC(C)=O. The van der Waals surface area contributed by atoms with E-state index in [0.717, 1.165) is 0 Å². The van der Waals surface area contributed by atoms with Gasteiger partial charge in [-0.05, 0) is 6.92 Å². The second-order valence-electron chi connectivity index (χ2n) is 1.67. The molecule has 0 aliphatic carbocycles. The first-order valence-electron chi connectivity index (χ1n) is 3.39. The number of rotatable bonds is 2. The maximum absolute atomic E-state index is 9.82. The molecule has 4 heteroatoms. The van der Waals surface area contributed by atoms with Crippen LogP contribution >= 0.6 is 0 Å². The van der Waals surface area contributed by atoms with Gasteiger partial charge in [0.2, 0.25) is 0 Å². The molecule has 66 valence electrons. The monoisotopic (exact) mass is 162 g/mol. The third-order valence-corrected chi connectivity index (χ3v) is 0.650. The van der Waals surface area contributed by atoms with E-state index in [1.807, 2.05) is 0 Å². The van der Waals surface area contributed by atoms with Crippen LogP contribution in [0.1, 0.15) is 27.2 Å². The fraction of sp³-hybridized carbons (Fsp3) is 0.714. The first-order chi connectivity index (χ1) is 5.04. The summed E-state index contributed by atoms with van der Waals surface area (Å²) in [7, 11) is 0. The van der Waals surface area contributed by atoms with Crippen LogP contribution in [0.25, 0.3) is 0 Å². The number of carbonyl (C=O) groups is 2. The van der Waals surface area contributed by atoms with Gasteiger partial charge in [-0.3, -0.25) is 9.59 Å². The zero-order chi connectivity index (χ0) is 9.28. The van der Waals surface area contributed by atoms with E-state index < -0.39 is 5.97 Å². The van der Waals surface area contributed by atoms with Gasteiger partial charge in [-0.1, -0.05) is 6.92 Å². The number of esters is 1. The van der Waals surface area contributed by atoms with E-state index in [2.05, 4.69) is 4.74 Å². The Bertz CT molecular complexity index is 120. The highest BCUT2D eigenvalue weighted by Crippen LogP contribution is 1.69. The van der Waals surface area contributed by atoms with Crippen LogP contribution in [0.2, 0.25) is 0 Å². The molecule has 0 amide bonds. The maximum atomic E-state index is 9.82. The van der Waals surface area contributed by atoms with Gasteiger partial charge in [0.05, 0.1) is 6.61 Å². The Balaban J connectivity index is 0. The van der Waals surface area contributed by atoms with Crippen molar-refractivity contribution in [3.05, 3.63) is 0 Å². The summed E-state index contributed by atoms with van der Waals surface area (Å²) in [4.78, 5) is 19.2. The van der Waals surface area contributed by atoms with Gasteiger partial charge in [0.15, 0.2) is 0 Å². The van der Waals surface area contributed by atoms with Crippen molar-refractivity contribution in [2.75, 3.05) is 6.61 Å². The van der Waals surface area contributed by atoms with Crippen molar-refractivity contribution >= 4 is 11.9 Å². The van der Waals surface area contributed by atoms with Gasteiger partial charge in [-0.15, -0.1) is 0 Å². The number of carboxylic acid groups (broad SMARTS) is 1. The maximum Gasteiger partial charge on any atom is 0.303 e. The summed E-state index contributed by atoms with van der Waals surface area (Å²) in [6.07, 6.45) is 0.222. The van der Waals surface area contributed by atoms with Gasteiger partial charge < -0.3 is 9.84 Å². The number of hydrogen-bond acceptors (Lipinski definition) is 3. The molecule has 0 aliphatic heterocycles. The van der Waals surface area contributed by atoms with Crippen molar-refractivity contribution in [1.29, 1.82) is 0 Å². The molecule has 0 radical (unpaired) electrons. The third kappa shape index (κ3) is 27.7. The molecule has 4 nitrogen and oxygen atoms in total. The Morgan fingerprint density at radius 2 is 1.73 bits per heavy atom. The first-order valence-corrected chi connectivity index (χ1v) is 3.39. The number of aliphatic carboxylic acids is 1. The van der Waals surface area contributed by atoms with Gasteiger partial charge in [0.25, 0.3) is 0 Å². The molecule has 0 atom stereocenters. The quantitative estimate of drug-likeness (QED) is 0.616. The van der Waals surface area contributed by atoms with Crippen LogP contribution in [0.5, 0.6) is 0 Å². The molecule has 1 N–H and O–H groups in total. The number of carbonyl (C=O) groups excluding carboxylic acids is 1. The number of hydrogen-bond donors (Lipinski definition) is 1. The molecule has 11 heavy (non-hydrogen) atoms. The van der Waals surface area contributed by atoms with Gasteiger partial charge >= 0.3 is 11.9 Å². The lowest BCUT2D eigenvalue weighted by Crippen LogP contribution is -1.95. The Morgan fingerprint density at radius 3 is 1.73 bits per heavy atom. The Labute approximate surface area is 66.2 Å². The van der Waals surface area contributed by atoms with E-state index >= 15 is 0 Å². The number of carboxylic acids is 1. The van der Waals surface area contributed by atoms with E-state index in [0.29, 0.717) is 6.61 Å². The minimum atomic E-state index is -0.745. The van der Waals surface area contributed by atoms with Crippen molar-refractivity contribution < 1.29 is 19.4 Å². The molecule has 0 aromatic heterocycles. The summed E-state index contributed by atoms with van der Waals surface area (Å²) in [5, 5.41) is 7.72. The van der Waals surface area contributed by atoms with Gasteiger partial charge in [-0.2, -0.15) is 0 Å². The zero-order valence-electron chi connectivity index (χ0n) is 7.09.